The number of Topliss-reactive ketones (excluding diaryl/α,β-unsaturated/α-hetero) is 1. The fourth-order valence-corrected chi connectivity index (χ4v) is 3.98. The van der Waals surface area contributed by atoms with Crippen molar-refractivity contribution in [2.75, 3.05) is 51.1 Å². The van der Waals surface area contributed by atoms with Crippen LogP contribution in [-0.4, -0.2) is 62.8 Å². The highest BCUT2D eigenvalue weighted by Crippen LogP contribution is 2.40. The van der Waals surface area contributed by atoms with Crippen molar-refractivity contribution in [2.45, 2.75) is 19.4 Å². The predicted octanol–water partition coefficient (Wildman–Crippen LogP) is 3.39. The highest BCUT2D eigenvalue weighted by molar-refractivity contribution is 6.03. The van der Waals surface area contributed by atoms with Crippen molar-refractivity contribution in [2.24, 2.45) is 0 Å². The zero-order valence-corrected chi connectivity index (χ0v) is 20.1. The molecule has 0 N–H and O–H groups in total. The third-order valence-corrected chi connectivity index (χ3v) is 5.88. The van der Waals surface area contributed by atoms with Gasteiger partial charge in [0.15, 0.2) is 5.78 Å². The largest absolute Gasteiger partial charge is 0.337 e. The molecule has 0 fully saturated rings. The number of anilines is 2. The van der Waals surface area contributed by atoms with Gasteiger partial charge in [0.25, 0.3) is 0 Å². The minimum absolute atomic E-state index is 0.00765. The summed E-state index contributed by atoms with van der Waals surface area (Å²) in [4.78, 5) is 33.4. The van der Waals surface area contributed by atoms with E-state index in [9.17, 15) is 19.2 Å². The Morgan fingerprint density at radius 2 is 1.53 bits per heavy atom. The van der Waals surface area contributed by atoms with Crippen molar-refractivity contribution in [1.82, 2.24) is 9.80 Å². The van der Waals surface area contributed by atoms with E-state index in [1.165, 1.54) is 12.1 Å². The normalized spacial score (nSPS) is 12.6. The van der Waals surface area contributed by atoms with Gasteiger partial charge in [-0.05, 0) is 43.9 Å². The molecule has 8 heteroatoms. The van der Waals surface area contributed by atoms with Gasteiger partial charge in [0, 0.05) is 46.6 Å². The molecule has 0 saturated carbocycles. The van der Waals surface area contributed by atoms with E-state index in [0.717, 1.165) is 16.9 Å². The lowest BCUT2D eigenvalue weighted by molar-refractivity contribution is -0.133. The Kier molecular flexibility index (Phi) is 8.03. The second-order valence-electron chi connectivity index (χ2n) is 8.59. The summed E-state index contributed by atoms with van der Waals surface area (Å²) in [5, 5.41) is 9.79. The smallest absolute Gasteiger partial charge is 0.223 e. The van der Waals surface area contributed by atoms with Crippen LogP contribution in [0.1, 0.15) is 18.4 Å². The Balaban J connectivity index is 1.72. The summed E-state index contributed by atoms with van der Waals surface area (Å²) in [5.41, 5.74) is 2.66. The van der Waals surface area contributed by atoms with Crippen molar-refractivity contribution in [3.8, 4) is 6.07 Å². The molecule has 0 radical (unpaired) electrons. The molecule has 0 spiro atoms. The second kappa shape index (κ2) is 10.9. The van der Waals surface area contributed by atoms with Crippen LogP contribution in [-0.2, 0) is 16.1 Å². The zero-order chi connectivity index (χ0) is 24.8. The number of halogens is 1. The molecule has 0 unspecified atom stereocenters. The molecule has 7 nitrogen and oxygen atoms in total. The first-order valence-corrected chi connectivity index (χ1v) is 11.1. The highest BCUT2D eigenvalue weighted by atomic mass is 19.1. The van der Waals surface area contributed by atoms with Gasteiger partial charge in [0.2, 0.25) is 5.91 Å². The van der Waals surface area contributed by atoms with Gasteiger partial charge >= 0.3 is 0 Å². The molecule has 0 bridgehead atoms. The Hall–Kier alpha value is -3.70. The molecule has 0 aromatic heterocycles. The Morgan fingerprint density at radius 3 is 2.06 bits per heavy atom. The summed E-state index contributed by atoms with van der Waals surface area (Å²) in [6.45, 7) is 1.46. The summed E-state index contributed by atoms with van der Waals surface area (Å²) in [6.07, 6.45) is -0.0720. The van der Waals surface area contributed by atoms with Crippen LogP contribution in [0.2, 0.25) is 0 Å². The van der Waals surface area contributed by atoms with E-state index < -0.39 is 0 Å². The molecule has 0 saturated heterocycles. The SMILES string of the molecule is CN(C)CCN(Cc1ccc(F)cc1)C(=O)CCC(=O)C(C#N)=C1N(C)c2ccccc2N1C. The zero-order valence-electron chi connectivity index (χ0n) is 20.1. The number of amides is 1. The number of hydrogen-bond donors (Lipinski definition) is 0. The third-order valence-electron chi connectivity index (χ3n) is 5.88. The Labute approximate surface area is 200 Å². The van der Waals surface area contributed by atoms with E-state index in [1.807, 2.05) is 67.2 Å². The number of nitriles is 1. The average Bonchev–Trinajstić information content (AvgIpc) is 3.07. The van der Waals surface area contributed by atoms with Crippen LogP contribution in [0.3, 0.4) is 0 Å². The van der Waals surface area contributed by atoms with Crippen molar-refractivity contribution >= 4 is 23.1 Å². The summed E-state index contributed by atoms with van der Waals surface area (Å²) in [6, 6.07) is 15.8. The molecular formula is C26H30FN5O2. The number of nitrogens with zero attached hydrogens (tertiary/aromatic N) is 5. The quantitative estimate of drug-likeness (QED) is 0.419. The number of likely N-dealkylation sites (N-methyl/N-ethyl adjacent to an activating group) is 1. The van der Waals surface area contributed by atoms with Crippen molar-refractivity contribution in [1.29, 1.82) is 5.26 Å². The first-order chi connectivity index (χ1) is 16.2. The van der Waals surface area contributed by atoms with Crippen LogP contribution < -0.4 is 9.80 Å². The molecule has 0 aliphatic carbocycles. The van der Waals surface area contributed by atoms with Crippen LogP contribution >= 0.6 is 0 Å². The lowest BCUT2D eigenvalue weighted by Gasteiger charge is -2.25. The maximum atomic E-state index is 13.3. The van der Waals surface area contributed by atoms with Crippen LogP contribution in [0.25, 0.3) is 0 Å². The number of allylic oxidation sites excluding steroid dienone is 1. The van der Waals surface area contributed by atoms with Crippen molar-refractivity contribution < 1.29 is 14.0 Å². The fourth-order valence-electron chi connectivity index (χ4n) is 3.98. The van der Waals surface area contributed by atoms with Gasteiger partial charge in [-0.25, -0.2) is 4.39 Å². The minimum atomic E-state index is -0.369. The monoisotopic (exact) mass is 463 g/mol. The minimum Gasteiger partial charge on any atom is -0.337 e. The summed E-state index contributed by atoms with van der Waals surface area (Å²) >= 11 is 0. The fraction of sp³-hybridized carbons (Fsp3) is 0.346. The molecule has 2 aromatic carbocycles. The van der Waals surface area contributed by atoms with E-state index in [2.05, 4.69) is 6.07 Å². The molecule has 1 aliphatic heterocycles. The van der Waals surface area contributed by atoms with E-state index in [1.54, 1.807) is 17.0 Å². The number of ketones is 1. The molecular weight excluding hydrogens is 433 g/mol. The Morgan fingerprint density at radius 1 is 0.941 bits per heavy atom. The third kappa shape index (κ3) is 5.61. The average molecular weight is 464 g/mol. The van der Waals surface area contributed by atoms with Gasteiger partial charge in [-0.1, -0.05) is 24.3 Å². The molecule has 1 amide bonds. The number of fused-ring (bicyclic) bond motifs is 1. The van der Waals surface area contributed by atoms with Gasteiger partial charge in [-0.2, -0.15) is 5.26 Å². The summed E-state index contributed by atoms with van der Waals surface area (Å²) < 4.78 is 13.3. The molecule has 178 valence electrons. The molecule has 1 heterocycles. The topological polar surface area (TPSA) is 70.9 Å². The van der Waals surface area contributed by atoms with Gasteiger partial charge in [0.1, 0.15) is 23.3 Å². The highest BCUT2D eigenvalue weighted by Gasteiger charge is 2.31. The number of benzene rings is 2. The van der Waals surface area contributed by atoms with E-state index in [0.29, 0.717) is 25.5 Å². The number of hydrogen-bond acceptors (Lipinski definition) is 6. The van der Waals surface area contributed by atoms with Crippen LogP contribution in [0.4, 0.5) is 15.8 Å². The second-order valence-corrected chi connectivity index (χ2v) is 8.59. The van der Waals surface area contributed by atoms with E-state index in [-0.39, 0.29) is 35.9 Å². The number of carbonyl (C=O) groups excluding carboxylic acids is 2. The van der Waals surface area contributed by atoms with Gasteiger partial charge in [0.05, 0.1) is 11.4 Å². The van der Waals surface area contributed by atoms with Gasteiger partial charge in [-0.3, -0.25) is 9.59 Å². The predicted molar refractivity (Wildman–Crippen MR) is 130 cm³/mol. The molecule has 34 heavy (non-hydrogen) atoms. The number of para-hydroxylation sites is 2. The first kappa shape index (κ1) is 24.9. The lowest BCUT2D eigenvalue weighted by Crippen LogP contribution is -2.36. The van der Waals surface area contributed by atoms with Gasteiger partial charge < -0.3 is 19.6 Å². The van der Waals surface area contributed by atoms with Crippen molar-refractivity contribution in [3.05, 3.63) is 71.3 Å². The lowest BCUT2D eigenvalue weighted by atomic mass is 10.1. The number of rotatable bonds is 9. The first-order valence-electron chi connectivity index (χ1n) is 11.1. The maximum absolute atomic E-state index is 13.3. The summed E-state index contributed by atoms with van der Waals surface area (Å²) in [5.74, 6) is -0.372. The Bertz CT molecular complexity index is 1090. The number of carbonyl (C=O) groups is 2. The summed E-state index contributed by atoms with van der Waals surface area (Å²) in [7, 11) is 7.47. The molecule has 0 atom stereocenters. The van der Waals surface area contributed by atoms with Crippen LogP contribution in [0.5, 0.6) is 0 Å². The molecule has 3 rings (SSSR count). The van der Waals surface area contributed by atoms with Crippen LogP contribution in [0.15, 0.2) is 59.9 Å². The maximum Gasteiger partial charge on any atom is 0.223 e. The van der Waals surface area contributed by atoms with Crippen LogP contribution in [0, 0.1) is 17.1 Å². The van der Waals surface area contributed by atoms with E-state index >= 15 is 0 Å². The molecule has 2 aromatic rings. The molecule has 1 aliphatic rings. The van der Waals surface area contributed by atoms with E-state index in [4.69, 9.17) is 0 Å². The van der Waals surface area contributed by atoms with Gasteiger partial charge in [-0.15, -0.1) is 0 Å². The standard InChI is InChI=1S/C26H30FN5O2/c1-29(2)15-16-32(18-19-9-11-20(27)12-10-19)25(34)14-13-24(33)21(17-28)26-30(3)22-7-5-6-8-23(22)31(26)4/h5-12H,13-16,18H2,1-4H3. The van der Waals surface area contributed by atoms with Crippen molar-refractivity contribution in [3.63, 3.8) is 0 Å².